The van der Waals surface area contributed by atoms with Gasteiger partial charge in [-0.05, 0) is 99.8 Å². The van der Waals surface area contributed by atoms with Crippen molar-refractivity contribution in [1.29, 1.82) is 0 Å². The molecule has 0 aliphatic heterocycles. The third-order valence-electron chi connectivity index (χ3n) is 11.0. The van der Waals surface area contributed by atoms with Crippen molar-refractivity contribution in [2.45, 2.75) is 0 Å². The van der Waals surface area contributed by atoms with Crippen LogP contribution in [0.5, 0.6) is 0 Å². The van der Waals surface area contributed by atoms with Crippen molar-refractivity contribution in [2.24, 2.45) is 0 Å². The van der Waals surface area contributed by atoms with Gasteiger partial charge >= 0.3 is 0 Å². The fraction of sp³-hybridized carbons (Fsp3) is 0. The van der Waals surface area contributed by atoms with Crippen molar-refractivity contribution in [3.8, 4) is 27.9 Å². The summed E-state index contributed by atoms with van der Waals surface area (Å²) in [6.45, 7) is 0. The Hall–Kier alpha value is -7.36. The molecule has 0 fully saturated rings. The molecule has 3 nitrogen and oxygen atoms in total. The summed E-state index contributed by atoms with van der Waals surface area (Å²) in [7, 11) is 0. The molecule has 0 N–H and O–H groups in total. The van der Waals surface area contributed by atoms with E-state index in [0.29, 0.717) is 0 Å². The Morgan fingerprint density at radius 1 is 0.364 bits per heavy atom. The predicted octanol–water partition coefficient (Wildman–Crippen LogP) is 14.6. The van der Waals surface area contributed by atoms with Gasteiger partial charge in [0.25, 0.3) is 0 Å². The maximum Gasteiger partial charge on any atom is 0.159 e. The van der Waals surface area contributed by atoms with Crippen LogP contribution in [0.15, 0.2) is 211 Å². The number of nitrogens with zero attached hydrogens (tertiary/aromatic N) is 2. The van der Waals surface area contributed by atoms with Gasteiger partial charge in [0.1, 0.15) is 5.58 Å². The SMILES string of the molecule is c1ccc(N(c2ccc(-c3ccccc3-c3ccc4c(c3)c3ccccc3n4-c3cccc4c3oc3ccccc34)cc2)c2ccc3ccccc3c2)cc1. The molecule has 258 valence electrons. The van der Waals surface area contributed by atoms with Gasteiger partial charge in [-0.2, -0.15) is 0 Å². The molecule has 2 aromatic heterocycles. The summed E-state index contributed by atoms with van der Waals surface area (Å²) in [4.78, 5) is 2.33. The summed E-state index contributed by atoms with van der Waals surface area (Å²) in [5, 5.41) is 7.13. The Morgan fingerprint density at radius 2 is 0.982 bits per heavy atom. The molecule has 11 aromatic rings. The van der Waals surface area contributed by atoms with Crippen LogP contribution < -0.4 is 4.90 Å². The van der Waals surface area contributed by atoms with E-state index in [9.17, 15) is 0 Å². The quantitative estimate of drug-likeness (QED) is 0.172. The lowest BCUT2D eigenvalue weighted by molar-refractivity contribution is 0.666. The molecule has 2 heterocycles. The zero-order valence-electron chi connectivity index (χ0n) is 29.9. The Labute approximate surface area is 318 Å². The summed E-state index contributed by atoms with van der Waals surface area (Å²) in [5.41, 5.74) is 13.2. The number of furan rings is 1. The molecular weight excluding hydrogens is 669 g/mol. The van der Waals surface area contributed by atoms with Crippen molar-refractivity contribution in [2.75, 3.05) is 4.90 Å². The summed E-state index contributed by atoms with van der Waals surface area (Å²) >= 11 is 0. The lowest BCUT2D eigenvalue weighted by Gasteiger charge is -2.26. The van der Waals surface area contributed by atoms with Crippen LogP contribution in [0.25, 0.3) is 82.5 Å². The Kier molecular flexibility index (Phi) is 7.17. The van der Waals surface area contributed by atoms with Gasteiger partial charge in [0.2, 0.25) is 0 Å². The van der Waals surface area contributed by atoms with Gasteiger partial charge in [0.05, 0.1) is 16.7 Å². The van der Waals surface area contributed by atoms with Crippen LogP contribution >= 0.6 is 0 Å². The largest absolute Gasteiger partial charge is 0.454 e. The van der Waals surface area contributed by atoms with Crippen molar-refractivity contribution >= 4 is 71.6 Å². The highest BCUT2D eigenvalue weighted by atomic mass is 16.3. The number of fused-ring (bicyclic) bond motifs is 7. The van der Waals surface area contributed by atoms with Crippen LogP contribution in [0.3, 0.4) is 0 Å². The molecule has 0 amide bonds. The molecule has 0 saturated heterocycles. The van der Waals surface area contributed by atoms with E-state index in [1.165, 1.54) is 43.8 Å². The van der Waals surface area contributed by atoms with E-state index in [1.54, 1.807) is 0 Å². The van der Waals surface area contributed by atoms with Crippen LogP contribution in [-0.4, -0.2) is 4.57 Å². The van der Waals surface area contributed by atoms with Crippen LogP contribution in [0.2, 0.25) is 0 Å². The lowest BCUT2D eigenvalue weighted by atomic mass is 9.93. The number of benzene rings is 9. The van der Waals surface area contributed by atoms with Crippen molar-refractivity contribution in [1.82, 2.24) is 4.57 Å². The molecule has 0 atom stereocenters. The predicted molar refractivity (Wildman–Crippen MR) is 231 cm³/mol. The Balaban J connectivity index is 1.02. The second kappa shape index (κ2) is 12.6. The number of hydrogen-bond acceptors (Lipinski definition) is 2. The van der Waals surface area contributed by atoms with Crippen LogP contribution in [-0.2, 0) is 0 Å². The number of rotatable bonds is 6. The van der Waals surface area contributed by atoms with E-state index in [-0.39, 0.29) is 0 Å². The van der Waals surface area contributed by atoms with Gasteiger partial charge in [-0.25, -0.2) is 0 Å². The summed E-state index contributed by atoms with van der Waals surface area (Å²) in [5.74, 6) is 0. The summed E-state index contributed by atoms with van der Waals surface area (Å²) < 4.78 is 8.89. The summed E-state index contributed by atoms with van der Waals surface area (Å²) in [6, 6.07) is 73.9. The fourth-order valence-corrected chi connectivity index (χ4v) is 8.43. The first-order valence-electron chi connectivity index (χ1n) is 18.8. The maximum absolute atomic E-state index is 6.53. The van der Waals surface area contributed by atoms with Crippen LogP contribution in [0.1, 0.15) is 0 Å². The van der Waals surface area contributed by atoms with Crippen molar-refractivity contribution < 1.29 is 4.42 Å². The number of hydrogen-bond donors (Lipinski definition) is 0. The van der Waals surface area contributed by atoms with Crippen molar-refractivity contribution in [3.05, 3.63) is 206 Å². The molecule has 0 bridgehead atoms. The second-order valence-corrected chi connectivity index (χ2v) is 14.1. The van der Waals surface area contributed by atoms with Crippen LogP contribution in [0, 0.1) is 0 Å². The molecule has 0 radical (unpaired) electrons. The average molecular weight is 703 g/mol. The molecule has 0 unspecified atom stereocenters. The van der Waals surface area contributed by atoms with Crippen LogP contribution in [0.4, 0.5) is 17.1 Å². The van der Waals surface area contributed by atoms with Gasteiger partial charge in [0, 0.05) is 38.6 Å². The molecule has 55 heavy (non-hydrogen) atoms. The number of anilines is 3. The highest BCUT2D eigenvalue weighted by Crippen LogP contribution is 2.42. The molecule has 9 aromatic carbocycles. The Bertz CT molecular complexity index is 3210. The molecule has 3 heteroatoms. The topological polar surface area (TPSA) is 21.3 Å². The first kappa shape index (κ1) is 31.2. The molecule has 11 rings (SSSR count). The molecule has 0 saturated carbocycles. The summed E-state index contributed by atoms with van der Waals surface area (Å²) in [6.07, 6.45) is 0. The zero-order chi connectivity index (χ0) is 36.3. The molecule has 0 aliphatic rings. The minimum absolute atomic E-state index is 0.899. The van der Waals surface area contributed by atoms with Gasteiger partial charge in [-0.1, -0.05) is 140 Å². The van der Waals surface area contributed by atoms with E-state index in [1.807, 2.05) is 12.1 Å². The normalized spacial score (nSPS) is 11.6. The number of aromatic nitrogens is 1. The number of para-hydroxylation sites is 4. The zero-order valence-corrected chi connectivity index (χ0v) is 29.9. The highest BCUT2D eigenvalue weighted by Gasteiger charge is 2.19. The minimum Gasteiger partial charge on any atom is -0.454 e. The third kappa shape index (κ3) is 5.13. The molecule has 0 aliphatic carbocycles. The standard InChI is InChI=1S/C52H34N2O/c1-2-15-39(16-3-1)53(41-31-25-35-13-4-5-14-37(35)33-41)40-29-26-36(27-30-40)42-17-6-7-18-43(42)38-28-32-49-47(34-38)44-19-8-10-22-48(44)54(49)50-23-12-21-46-45-20-9-11-24-51(45)55-52(46)50/h1-34H. The molecular formula is C52H34N2O. The van der Waals surface area contributed by atoms with Gasteiger partial charge < -0.3 is 13.9 Å². The fourth-order valence-electron chi connectivity index (χ4n) is 8.43. The lowest BCUT2D eigenvalue weighted by Crippen LogP contribution is -2.09. The first-order chi connectivity index (χ1) is 27.3. The maximum atomic E-state index is 6.53. The smallest absolute Gasteiger partial charge is 0.159 e. The first-order valence-corrected chi connectivity index (χ1v) is 18.8. The molecule has 0 spiro atoms. The average Bonchev–Trinajstić information content (AvgIpc) is 3.80. The third-order valence-corrected chi connectivity index (χ3v) is 11.0. The van der Waals surface area contributed by atoms with Gasteiger partial charge in [-0.3, -0.25) is 0 Å². The van der Waals surface area contributed by atoms with E-state index in [4.69, 9.17) is 4.42 Å². The van der Waals surface area contributed by atoms with E-state index in [0.717, 1.165) is 55.7 Å². The van der Waals surface area contributed by atoms with Crippen molar-refractivity contribution in [3.63, 3.8) is 0 Å². The van der Waals surface area contributed by atoms with Gasteiger partial charge in [0.15, 0.2) is 5.58 Å². The second-order valence-electron chi connectivity index (χ2n) is 14.1. The van der Waals surface area contributed by atoms with Gasteiger partial charge in [-0.15, -0.1) is 0 Å². The minimum atomic E-state index is 0.899. The van der Waals surface area contributed by atoms with E-state index >= 15 is 0 Å². The highest BCUT2D eigenvalue weighted by molar-refractivity contribution is 6.13. The van der Waals surface area contributed by atoms with E-state index < -0.39 is 0 Å². The Morgan fingerprint density at radius 3 is 1.84 bits per heavy atom. The van der Waals surface area contributed by atoms with E-state index in [2.05, 4.69) is 204 Å². The monoisotopic (exact) mass is 702 g/mol.